The van der Waals surface area contributed by atoms with Gasteiger partial charge in [-0.25, -0.2) is 0 Å². The summed E-state index contributed by atoms with van der Waals surface area (Å²) in [5, 5.41) is 15.0. The number of nitrogens with zero attached hydrogens (tertiary/aromatic N) is 1. The minimum atomic E-state index is -0.459. The van der Waals surface area contributed by atoms with E-state index in [9.17, 15) is 5.11 Å². The van der Waals surface area contributed by atoms with Crippen LogP contribution in [0.25, 0.3) is 10.8 Å². The average Bonchev–Trinajstić information content (AvgIpc) is 2.39. The van der Waals surface area contributed by atoms with Crippen LogP contribution in [0.15, 0.2) is 36.7 Å². The molecule has 1 aromatic heterocycles. The molecule has 1 atom stereocenters. The van der Waals surface area contributed by atoms with Crippen LogP contribution < -0.4 is 5.32 Å². The zero-order chi connectivity index (χ0) is 12.8. The van der Waals surface area contributed by atoms with Crippen LogP contribution in [-0.2, 0) is 11.3 Å². The highest BCUT2D eigenvalue weighted by Crippen LogP contribution is 2.14. The third-order valence-corrected chi connectivity index (χ3v) is 2.77. The van der Waals surface area contributed by atoms with Gasteiger partial charge in [0.1, 0.15) is 0 Å². The third-order valence-electron chi connectivity index (χ3n) is 2.77. The van der Waals surface area contributed by atoms with Gasteiger partial charge in [-0.3, -0.25) is 4.98 Å². The van der Waals surface area contributed by atoms with Crippen LogP contribution >= 0.6 is 0 Å². The van der Waals surface area contributed by atoms with E-state index in [1.54, 1.807) is 13.3 Å². The summed E-state index contributed by atoms with van der Waals surface area (Å²) < 4.78 is 4.87. The highest BCUT2D eigenvalue weighted by molar-refractivity contribution is 5.81. The molecule has 0 radical (unpaired) electrons. The number of benzene rings is 1. The van der Waals surface area contributed by atoms with Crippen LogP contribution in [0.3, 0.4) is 0 Å². The SMILES string of the molecule is COCC(O)CNCc1ccc2cnccc2c1. The molecule has 0 aliphatic carbocycles. The Morgan fingerprint density at radius 2 is 2.22 bits per heavy atom. The lowest BCUT2D eigenvalue weighted by molar-refractivity contribution is 0.0644. The molecule has 4 heteroatoms. The summed E-state index contributed by atoms with van der Waals surface area (Å²) >= 11 is 0. The van der Waals surface area contributed by atoms with Gasteiger partial charge in [0.15, 0.2) is 0 Å². The van der Waals surface area contributed by atoms with E-state index in [2.05, 4.69) is 28.5 Å². The van der Waals surface area contributed by atoms with Gasteiger partial charge in [-0.15, -0.1) is 0 Å². The maximum atomic E-state index is 9.50. The van der Waals surface area contributed by atoms with Gasteiger partial charge in [0.2, 0.25) is 0 Å². The van der Waals surface area contributed by atoms with E-state index in [-0.39, 0.29) is 0 Å². The summed E-state index contributed by atoms with van der Waals surface area (Å²) in [4.78, 5) is 4.09. The van der Waals surface area contributed by atoms with Gasteiger partial charge in [-0.05, 0) is 23.1 Å². The molecule has 0 amide bonds. The Kier molecular flexibility index (Phi) is 4.64. The van der Waals surface area contributed by atoms with E-state index < -0.39 is 6.10 Å². The Morgan fingerprint density at radius 3 is 3.06 bits per heavy atom. The largest absolute Gasteiger partial charge is 0.389 e. The molecule has 0 saturated carbocycles. The predicted molar refractivity (Wildman–Crippen MR) is 71.3 cm³/mol. The first-order chi connectivity index (χ1) is 8.79. The topological polar surface area (TPSA) is 54.4 Å². The molecule has 18 heavy (non-hydrogen) atoms. The molecule has 0 saturated heterocycles. The van der Waals surface area contributed by atoms with E-state index in [0.717, 1.165) is 11.9 Å². The summed E-state index contributed by atoms with van der Waals surface area (Å²) in [5.41, 5.74) is 1.19. The van der Waals surface area contributed by atoms with E-state index in [1.165, 1.54) is 10.9 Å². The molecule has 1 unspecified atom stereocenters. The standard InChI is InChI=1S/C14H18N2O2/c1-18-10-14(17)9-16-7-11-2-3-13-8-15-5-4-12(13)6-11/h2-6,8,14,16-17H,7,9-10H2,1H3. The lowest BCUT2D eigenvalue weighted by Crippen LogP contribution is -2.29. The highest BCUT2D eigenvalue weighted by Gasteiger charge is 2.02. The van der Waals surface area contributed by atoms with Gasteiger partial charge in [-0.1, -0.05) is 12.1 Å². The Labute approximate surface area is 107 Å². The second-order valence-electron chi connectivity index (χ2n) is 4.30. The summed E-state index contributed by atoms with van der Waals surface area (Å²) in [6.45, 7) is 1.62. The van der Waals surface area contributed by atoms with Crippen molar-refractivity contribution < 1.29 is 9.84 Å². The first-order valence-corrected chi connectivity index (χ1v) is 6.00. The van der Waals surface area contributed by atoms with Gasteiger partial charge >= 0.3 is 0 Å². The smallest absolute Gasteiger partial charge is 0.0897 e. The molecule has 2 N–H and O–H groups in total. The molecule has 4 nitrogen and oxygen atoms in total. The lowest BCUT2D eigenvalue weighted by atomic mass is 10.1. The number of pyridine rings is 1. The average molecular weight is 246 g/mol. The summed E-state index contributed by atoms with van der Waals surface area (Å²) in [6.07, 6.45) is 3.19. The number of ether oxygens (including phenoxy) is 1. The van der Waals surface area contributed by atoms with Crippen molar-refractivity contribution in [3.63, 3.8) is 0 Å². The maximum absolute atomic E-state index is 9.50. The van der Waals surface area contributed by atoms with Gasteiger partial charge < -0.3 is 15.2 Å². The molecule has 2 aromatic rings. The van der Waals surface area contributed by atoms with Crippen molar-refractivity contribution in [2.24, 2.45) is 0 Å². The predicted octanol–water partition coefficient (Wildman–Crippen LogP) is 1.33. The normalized spacial score (nSPS) is 12.8. The van der Waals surface area contributed by atoms with Crippen LogP contribution in [0.4, 0.5) is 0 Å². The van der Waals surface area contributed by atoms with Crippen LogP contribution in [0.5, 0.6) is 0 Å². The first-order valence-electron chi connectivity index (χ1n) is 6.00. The molecular formula is C14H18N2O2. The molecule has 0 aliphatic heterocycles. The minimum Gasteiger partial charge on any atom is -0.389 e. The molecule has 0 aliphatic rings. The van der Waals surface area contributed by atoms with Crippen LogP contribution in [-0.4, -0.2) is 36.5 Å². The Bertz CT molecular complexity index is 502. The van der Waals surface area contributed by atoms with E-state index in [1.807, 2.05) is 12.3 Å². The molecule has 0 fully saturated rings. The number of aliphatic hydroxyl groups is 1. The summed E-state index contributed by atoms with van der Waals surface area (Å²) in [7, 11) is 1.58. The maximum Gasteiger partial charge on any atom is 0.0897 e. The van der Waals surface area contributed by atoms with Crippen molar-refractivity contribution in [2.75, 3.05) is 20.3 Å². The highest BCUT2D eigenvalue weighted by atomic mass is 16.5. The van der Waals surface area contributed by atoms with Crippen LogP contribution in [0.2, 0.25) is 0 Å². The zero-order valence-corrected chi connectivity index (χ0v) is 10.5. The Balaban J connectivity index is 1.91. The van der Waals surface area contributed by atoms with Crippen molar-refractivity contribution in [2.45, 2.75) is 12.6 Å². The molecule has 96 valence electrons. The molecule has 2 rings (SSSR count). The molecule has 0 bridgehead atoms. The fourth-order valence-electron chi connectivity index (χ4n) is 1.88. The van der Waals surface area contributed by atoms with Crippen molar-refractivity contribution in [1.29, 1.82) is 0 Å². The monoisotopic (exact) mass is 246 g/mol. The van der Waals surface area contributed by atoms with E-state index in [0.29, 0.717) is 13.2 Å². The molecule has 1 aromatic carbocycles. The lowest BCUT2D eigenvalue weighted by Gasteiger charge is -2.11. The number of hydrogen-bond donors (Lipinski definition) is 2. The number of rotatable bonds is 6. The second-order valence-corrected chi connectivity index (χ2v) is 4.30. The van der Waals surface area contributed by atoms with Gasteiger partial charge in [-0.2, -0.15) is 0 Å². The number of aliphatic hydroxyl groups excluding tert-OH is 1. The van der Waals surface area contributed by atoms with Crippen molar-refractivity contribution >= 4 is 10.8 Å². The minimum absolute atomic E-state index is 0.358. The number of hydrogen-bond acceptors (Lipinski definition) is 4. The van der Waals surface area contributed by atoms with Crippen LogP contribution in [0.1, 0.15) is 5.56 Å². The molecule has 1 heterocycles. The number of nitrogens with one attached hydrogen (secondary N) is 1. The summed E-state index contributed by atoms with van der Waals surface area (Å²) in [5.74, 6) is 0. The third kappa shape index (κ3) is 3.50. The fourth-order valence-corrected chi connectivity index (χ4v) is 1.88. The van der Waals surface area contributed by atoms with E-state index >= 15 is 0 Å². The van der Waals surface area contributed by atoms with Crippen LogP contribution in [0, 0.1) is 0 Å². The van der Waals surface area contributed by atoms with Crippen molar-refractivity contribution in [3.05, 3.63) is 42.2 Å². The number of fused-ring (bicyclic) bond motifs is 1. The summed E-state index contributed by atoms with van der Waals surface area (Å²) in [6, 6.07) is 8.26. The van der Waals surface area contributed by atoms with Crippen molar-refractivity contribution in [1.82, 2.24) is 10.3 Å². The quantitative estimate of drug-likeness (QED) is 0.807. The van der Waals surface area contributed by atoms with Crippen molar-refractivity contribution in [3.8, 4) is 0 Å². The Hall–Kier alpha value is -1.49. The molecule has 0 spiro atoms. The van der Waals surface area contributed by atoms with Gasteiger partial charge in [0, 0.05) is 38.0 Å². The second kappa shape index (κ2) is 6.44. The fraction of sp³-hybridized carbons (Fsp3) is 0.357. The van der Waals surface area contributed by atoms with Gasteiger partial charge in [0.05, 0.1) is 12.7 Å². The Morgan fingerprint density at radius 1 is 1.33 bits per heavy atom. The van der Waals surface area contributed by atoms with E-state index in [4.69, 9.17) is 4.74 Å². The number of methoxy groups -OCH3 is 1. The number of aromatic nitrogens is 1. The zero-order valence-electron chi connectivity index (χ0n) is 10.5. The molecular weight excluding hydrogens is 228 g/mol. The van der Waals surface area contributed by atoms with Gasteiger partial charge in [0.25, 0.3) is 0 Å². The first kappa shape index (κ1) is 13.0.